The molecular formula is C16H30O4Si. The minimum absolute atomic E-state index is 0.578. The van der Waals surface area contributed by atoms with Crippen molar-refractivity contribution >= 4 is 8.32 Å². The Balaban J connectivity index is 4.31. The molecule has 0 saturated heterocycles. The fraction of sp³-hybridized carbons (Fsp3) is 0.625. The molecular weight excluding hydrogens is 284 g/mol. The lowest BCUT2D eigenvalue weighted by atomic mass is 10.7. The second-order valence-corrected chi connectivity index (χ2v) is 9.00. The van der Waals surface area contributed by atoms with Crippen molar-refractivity contribution in [2.45, 2.75) is 18.1 Å². The third kappa shape index (κ3) is 10.6. The Hall–Kier alpha value is -0.723. The maximum absolute atomic E-state index is 5.90. The summed E-state index contributed by atoms with van der Waals surface area (Å²) in [6.45, 7) is 14.8. The molecule has 122 valence electrons. The van der Waals surface area contributed by atoms with Crippen molar-refractivity contribution < 1.29 is 18.6 Å². The van der Waals surface area contributed by atoms with E-state index < -0.39 is 8.32 Å². The molecule has 0 amide bonds. The smallest absolute Gasteiger partial charge is 0.199 e. The molecule has 5 heteroatoms. The Labute approximate surface area is 130 Å². The van der Waals surface area contributed by atoms with Gasteiger partial charge in [0, 0.05) is 26.9 Å². The molecule has 0 N–H and O–H groups in total. The minimum Gasteiger partial charge on any atom is -0.420 e. The Morgan fingerprint density at radius 2 is 1.05 bits per heavy atom. The molecule has 0 unspecified atom stereocenters. The van der Waals surface area contributed by atoms with Crippen LogP contribution in [-0.4, -0.2) is 55.1 Å². The van der Waals surface area contributed by atoms with Gasteiger partial charge in [-0.05, 0) is 18.1 Å². The molecule has 0 aliphatic heterocycles. The average Bonchev–Trinajstić information content (AvgIpc) is 2.51. The predicted octanol–water partition coefficient (Wildman–Crippen LogP) is 3.19. The molecule has 0 rings (SSSR count). The zero-order valence-electron chi connectivity index (χ0n) is 13.4. The highest BCUT2D eigenvalue weighted by atomic mass is 28.4. The predicted molar refractivity (Wildman–Crippen MR) is 90.2 cm³/mol. The summed E-state index contributed by atoms with van der Waals surface area (Å²) in [6, 6.07) is 2.81. The van der Waals surface area contributed by atoms with Gasteiger partial charge in [-0.1, -0.05) is 18.2 Å². The highest BCUT2D eigenvalue weighted by molar-refractivity contribution is 6.74. The fourth-order valence-electron chi connectivity index (χ4n) is 1.96. The summed E-state index contributed by atoms with van der Waals surface area (Å²) < 4.78 is 22.5. The van der Waals surface area contributed by atoms with Gasteiger partial charge in [-0.25, -0.2) is 0 Å². The molecule has 0 aliphatic rings. The van der Waals surface area contributed by atoms with Crippen LogP contribution in [-0.2, 0) is 18.6 Å². The standard InChI is InChI=1S/C16H30O4Si/c1-5-8-18-11-14-21(17-4,15-12-19-9-6-2)16-13-20-10-7-3/h5-7H,1-3,8-16H2,4H3. The summed E-state index contributed by atoms with van der Waals surface area (Å²) in [5.74, 6) is 0. The zero-order chi connectivity index (χ0) is 15.8. The van der Waals surface area contributed by atoms with Crippen LogP contribution in [0, 0.1) is 0 Å². The maximum Gasteiger partial charge on any atom is 0.199 e. The first-order valence-electron chi connectivity index (χ1n) is 7.35. The van der Waals surface area contributed by atoms with E-state index in [1.54, 1.807) is 25.3 Å². The van der Waals surface area contributed by atoms with Crippen molar-refractivity contribution in [2.75, 3.05) is 46.8 Å². The monoisotopic (exact) mass is 314 g/mol. The Morgan fingerprint density at radius 1 is 0.714 bits per heavy atom. The van der Waals surface area contributed by atoms with Crippen LogP contribution in [0.15, 0.2) is 38.0 Å². The first-order valence-corrected chi connectivity index (χ1v) is 9.88. The normalized spacial score (nSPS) is 11.3. The highest BCUT2D eigenvalue weighted by Gasteiger charge is 2.33. The van der Waals surface area contributed by atoms with E-state index in [1.165, 1.54) is 0 Å². The van der Waals surface area contributed by atoms with E-state index in [-0.39, 0.29) is 0 Å². The molecule has 0 aromatic heterocycles. The van der Waals surface area contributed by atoms with Crippen LogP contribution in [0.1, 0.15) is 0 Å². The quantitative estimate of drug-likeness (QED) is 0.249. The van der Waals surface area contributed by atoms with Crippen LogP contribution >= 0.6 is 0 Å². The molecule has 0 spiro atoms. The SMILES string of the molecule is C=CCOCC[Si](CCOCC=C)(CCOCC=C)OC. The molecule has 21 heavy (non-hydrogen) atoms. The lowest BCUT2D eigenvalue weighted by Crippen LogP contribution is -2.40. The Bertz CT molecular complexity index is 241. The largest absolute Gasteiger partial charge is 0.420 e. The molecule has 0 fully saturated rings. The van der Waals surface area contributed by atoms with Crippen molar-refractivity contribution in [2.24, 2.45) is 0 Å². The van der Waals surface area contributed by atoms with Gasteiger partial charge in [0.2, 0.25) is 0 Å². The van der Waals surface area contributed by atoms with Gasteiger partial charge in [0.1, 0.15) is 0 Å². The van der Waals surface area contributed by atoms with E-state index >= 15 is 0 Å². The van der Waals surface area contributed by atoms with Crippen LogP contribution in [0.5, 0.6) is 0 Å². The first-order chi connectivity index (χ1) is 10.2. The molecule has 0 heterocycles. The van der Waals surface area contributed by atoms with E-state index in [2.05, 4.69) is 19.7 Å². The van der Waals surface area contributed by atoms with Crippen LogP contribution in [0.2, 0.25) is 18.1 Å². The van der Waals surface area contributed by atoms with E-state index in [1.807, 2.05) is 0 Å². The van der Waals surface area contributed by atoms with Crippen LogP contribution in [0.4, 0.5) is 0 Å². The van der Waals surface area contributed by atoms with Crippen molar-refractivity contribution in [3.63, 3.8) is 0 Å². The summed E-state index contributed by atoms with van der Waals surface area (Å²) >= 11 is 0. The summed E-state index contributed by atoms with van der Waals surface area (Å²) in [7, 11) is -0.105. The molecule has 0 aromatic rings. The Morgan fingerprint density at radius 3 is 1.29 bits per heavy atom. The number of hydrogen-bond donors (Lipinski definition) is 0. The minimum atomic E-state index is -1.90. The fourth-order valence-corrected chi connectivity index (χ4v) is 4.87. The maximum atomic E-state index is 5.90. The van der Waals surface area contributed by atoms with Crippen molar-refractivity contribution in [3.8, 4) is 0 Å². The lowest BCUT2D eigenvalue weighted by Gasteiger charge is -2.29. The second kappa shape index (κ2) is 14.2. The van der Waals surface area contributed by atoms with Gasteiger partial charge in [0.25, 0.3) is 0 Å². The second-order valence-electron chi connectivity index (χ2n) is 4.73. The van der Waals surface area contributed by atoms with Crippen LogP contribution in [0.3, 0.4) is 0 Å². The molecule has 0 aliphatic carbocycles. The highest BCUT2D eigenvalue weighted by Crippen LogP contribution is 2.22. The van der Waals surface area contributed by atoms with E-state index in [4.69, 9.17) is 18.6 Å². The summed E-state index contributed by atoms with van der Waals surface area (Å²) in [5.41, 5.74) is 0. The van der Waals surface area contributed by atoms with Gasteiger partial charge in [-0.3, -0.25) is 0 Å². The van der Waals surface area contributed by atoms with Gasteiger partial charge in [-0.15, -0.1) is 19.7 Å². The van der Waals surface area contributed by atoms with Crippen molar-refractivity contribution in [1.82, 2.24) is 0 Å². The van der Waals surface area contributed by atoms with E-state index in [0.29, 0.717) is 39.6 Å². The number of hydrogen-bond acceptors (Lipinski definition) is 4. The van der Waals surface area contributed by atoms with Crippen LogP contribution < -0.4 is 0 Å². The molecule has 4 nitrogen and oxygen atoms in total. The van der Waals surface area contributed by atoms with Gasteiger partial charge in [-0.2, -0.15) is 0 Å². The average molecular weight is 314 g/mol. The third-order valence-electron chi connectivity index (χ3n) is 3.25. The molecule has 0 atom stereocenters. The topological polar surface area (TPSA) is 36.9 Å². The Kier molecular flexibility index (Phi) is 13.7. The van der Waals surface area contributed by atoms with E-state index in [9.17, 15) is 0 Å². The first kappa shape index (κ1) is 20.3. The zero-order valence-corrected chi connectivity index (χ0v) is 14.4. The summed E-state index contributed by atoms with van der Waals surface area (Å²) in [5, 5.41) is 0. The van der Waals surface area contributed by atoms with Gasteiger partial charge in [0.15, 0.2) is 8.32 Å². The molecule has 0 bridgehead atoms. The van der Waals surface area contributed by atoms with Gasteiger partial charge >= 0.3 is 0 Å². The van der Waals surface area contributed by atoms with Crippen molar-refractivity contribution in [3.05, 3.63) is 38.0 Å². The summed E-state index contributed by atoms with van der Waals surface area (Å²) in [6.07, 6.45) is 5.28. The van der Waals surface area contributed by atoms with Crippen LogP contribution in [0.25, 0.3) is 0 Å². The lowest BCUT2D eigenvalue weighted by molar-refractivity contribution is 0.155. The number of rotatable bonds is 16. The molecule has 0 saturated carbocycles. The molecule has 0 radical (unpaired) electrons. The summed E-state index contributed by atoms with van der Waals surface area (Å²) in [4.78, 5) is 0. The number of ether oxygens (including phenoxy) is 3. The van der Waals surface area contributed by atoms with Crippen molar-refractivity contribution in [1.29, 1.82) is 0 Å². The van der Waals surface area contributed by atoms with Gasteiger partial charge < -0.3 is 18.6 Å². The third-order valence-corrected chi connectivity index (χ3v) is 7.46. The van der Waals surface area contributed by atoms with E-state index in [0.717, 1.165) is 18.1 Å². The van der Waals surface area contributed by atoms with Gasteiger partial charge in [0.05, 0.1) is 19.8 Å². The molecule has 0 aromatic carbocycles.